The van der Waals surface area contributed by atoms with E-state index in [0.29, 0.717) is 5.92 Å². The Labute approximate surface area is 126 Å². The zero-order valence-electron chi connectivity index (χ0n) is 14.0. The van der Waals surface area contributed by atoms with Crippen LogP contribution in [0.25, 0.3) is 0 Å². The zero-order valence-corrected chi connectivity index (χ0v) is 14.0. The van der Waals surface area contributed by atoms with Gasteiger partial charge in [-0.1, -0.05) is 93.9 Å². The summed E-state index contributed by atoms with van der Waals surface area (Å²) in [6.45, 7) is 14.8. The Balaban J connectivity index is 4.12. The standard InChI is InChI=1S/C20H32/c1-7-18(4)12-9-14-20(6)16-10-15-19(5)13-8-11-17(2)3/h7,9-10,12,14-17,19H,1,8,11,13H2,2-6H3/b14-9+,15-10+,18-12+,20-16+. The second-order valence-corrected chi connectivity index (χ2v) is 6.07. The van der Waals surface area contributed by atoms with E-state index in [4.69, 9.17) is 0 Å². The summed E-state index contributed by atoms with van der Waals surface area (Å²) >= 11 is 0. The summed E-state index contributed by atoms with van der Waals surface area (Å²) in [6.07, 6.45) is 18.8. The molecule has 0 radical (unpaired) electrons. The third-order valence-electron chi connectivity index (χ3n) is 3.28. The molecular weight excluding hydrogens is 240 g/mol. The summed E-state index contributed by atoms with van der Waals surface area (Å²) in [6, 6.07) is 0. The lowest BCUT2D eigenvalue weighted by Crippen LogP contribution is -1.92. The van der Waals surface area contributed by atoms with Crippen molar-refractivity contribution >= 4 is 0 Å². The van der Waals surface area contributed by atoms with Gasteiger partial charge in [0.05, 0.1) is 0 Å². The van der Waals surface area contributed by atoms with Crippen LogP contribution in [0, 0.1) is 11.8 Å². The van der Waals surface area contributed by atoms with E-state index in [-0.39, 0.29) is 0 Å². The van der Waals surface area contributed by atoms with E-state index in [0.717, 1.165) is 5.92 Å². The SMILES string of the molecule is C=C/C(C)=C/C=C/C(C)=C/C=C/C(C)CCCC(C)C. The molecule has 0 saturated carbocycles. The van der Waals surface area contributed by atoms with E-state index in [2.05, 4.69) is 77.7 Å². The molecule has 0 aliphatic heterocycles. The monoisotopic (exact) mass is 272 g/mol. The first-order valence-electron chi connectivity index (χ1n) is 7.78. The Bertz CT molecular complexity index is 375. The van der Waals surface area contributed by atoms with E-state index in [1.54, 1.807) is 0 Å². The van der Waals surface area contributed by atoms with Crippen LogP contribution in [0.15, 0.2) is 60.3 Å². The van der Waals surface area contributed by atoms with E-state index in [1.165, 1.54) is 30.4 Å². The molecule has 0 amide bonds. The minimum atomic E-state index is 0.671. The van der Waals surface area contributed by atoms with Crippen molar-refractivity contribution in [2.45, 2.75) is 53.9 Å². The summed E-state index contributed by atoms with van der Waals surface area (Å²) < 4.78 is 0. The van der Waals surface area contributed by atoms with E-state index < -0.39 is 0 Å². The average Bonchev–Trinajstić information content (AvgIpc) is 2.38. The van der Waals surface area contributed by atoms with Crippen molar-refractivity contribution in [3.8, 4) is 0 Å². The first kappa shape index (κ1) is 18.7. The van der Waals surface area contributed by atoms with E-state index in [1.807, 2.05) is 6.08 Å². The third-order valence-corrected chi connectivity index (χ3v) is 3.28. The number of allylic oxidation sites excluding steroid dienone is 9. The molecule has 0 fully saturated rings. The Kier molecular flexibility index (Phi) is 10.8. The molecule has 0 saturated heterocycles. The first-order chi connectivity index (χ1) is 9.45. The maximum Gasteiger partial charge on any atom is -0.0259 e. The number of hydrogen-bond acceptors (Lipinski definition) is 0. The summed E-state index contributed by atoms with van der Waals surface area (Å²) in [5.41, 5.74) is 2.45. The van der Waals surface area contributed by atoms with Gasteiger partial charge in [-0.05, 0) is 32.1 Å². The van der Waals surface area contributed by atoms with Crippen molar-refractivity contribution in [2.24, 2.45) is 11.8 Å². The molecule has 0 aromatic rings. The average molecular weight is 272 g/mol. The highest BCUT2D eigenvalue weighted by Crippen LogP contribution is 2.13. The molecular formula is C20H32. The van der Waals surface area contributed by atoms with Crippen molar-refractivity contribution in [1.82, 2.24) is 0 Å². The molecule has 0 heterocycles. The van der Waals surface area contributed by atoms with Gasteiger partial charge in [0, 0.05) is 0 Å². The topological polar surface area (TPSA) is 0 Å². The first-order valence-corrected chi connectivity index (χ1v) is 7.78. The Morgan fingerprint density at radius 2 is 1.60 bits per heavy atom. The molecule has 0 nitrogen and oxygen atoms in total. The quantitative estimate of drug-likeness (QED) is 0.413. The lowest BCUT2D eigenvalue weighted by atomic mass is 9.99. The Morgan fingerprint density at radius 1 is 0.950 bits per heavy atom. The molecule has 0 N–H and O–H groups in total. The third kappa shape index (κ3) is 11.8. The van der Waals surface area contributed by atoms with Gasteiger partial charge in [-0.25, -0.2) is 0 Å². The van der Waals surface area contributed by atoms with Gasteiger partial charge in [0.25, 0.3) is 0 Å². The molecule has 0 aromatic carbocycles. The molecule has 112 valence electrons. The predicted octanol–water partition coefficient (Wildman–Crippen LogP) is 6.64. The fraction of sp³-hybridized carbons (Fsp3) is 0.500. The fourth-order valence-corrected chi connectivity index (χ4v) is 1.82. The van der Waals surface area contributed by atoms with Gasteiger partial charge in [0.15, 0.2) is 0 Å². The van der Waals surface area contributed by atoms with Crippen LogP contribution in [-0.4, -0.2) is 0 Å². The lowest BCUT2D eigenvalue weighted by molar-refractivity contribution is 0.502. The summed E-state index contributed by atoms with van der Waals surface area (Å²) in [7, 11) is 0. The van der Waals surface area contributed by atoms with Crippen LogP contribution in [0.1, 0.15) is 53.9 Å². The molecule has 0 rings (SSSR count). The predicted molar refractivity (Wildman–Crippen MR) is 93.8 cm³/mol. The second-order valence-electron chi connectivity index (χ2n) is 6.07. The Hall–Kier alpha value is -1.30. The second kappa shape index (κ2) is 11.5. The van der Waals surface area contributed by atoms with Crippen LogP contribution < -0.4 is 0 Å². The molecule has 0 aliphatic rings. The van der Waals surface area contributed by atoms with Crippen molar-refractivity contribution in [3.63, 3.8) is 0 Å². The van der Waals surface area contributed by atoms with Crippen LogP contribution in [0.5, 0.6) is 0 Å². The van der Waals surface area contributed by atoms with E-state index >= 15 is 0 Å². The van der Waals surface area contributed by atoms with Crippen LogP contribution in [0.2, 0.25) is 0 Å². The van der Waals surface area contributed by atoms with Gasteiger partial charge in [0.1, 0.15) is 0 Å². The number of hydrogen-bond donors (Lipinski definition) is 0. The smallest absolute Gasteiger partial charge is 0.0259 e. The highest BCUT2D eigenvalue weighted by molar-refractivity contribution is 5.27. The molecule has 0 aliphatic carbocycles. The van der Waals surface area contributed by atoms with Crippen molar-refractivity contribution < 1.29 is 0 Å². The van der Waals surface area contributed by atoms with Crippen LogP contribution in [0.3, 0.4) is 0 Å². The number of rotatable bonds is 9. The van der Waals surface area contributed by atoms with Crippen molar-refractivity contribution in [3.05, 3.63) is 60.3 Å². The molecule has 1 atom stereocenters. The summed E-state index contributed by atoms with van der Waals surface area (Å²) in [5, 5.41) is 0. The van der Waals surface area contributed by atoms with Crippen molar-refractivity contribution in [1.29, 1.82) is 0 Å². The molecule has 0 heteroatoms. The zero-order chi connectivity index (χ0) is 15.4. The lowest BCUT2D eigenvalue weighted by Gasteiger charge is -2.07. The van der Waals surface area contributed by atoms with Crippen LogP contribution in [-0.2, 0) is 0 Å². The maximum absolute atomic E-state index is 3.73. The minimum absolute atomic E-state index is 0.671. The van der Waals surface area contributed by atoms with Gasteiger partial charge in [-0.15, -0.1) is 0 Å². The van der Waals surface area contributed by atoms with E-state index in [9.17, 15) is 0 Å². The van der Waals surface area contributed by atoms with Gasteiger partial charge >= 0.3 is 0 Å². The summed E-state index contributed by atoms with van der Waals surface area (Å²) in [5.74, 6) is 1.50. The normalized spacial score (nSPS) is 15.5. The maximum atomic E-state index is 3.73. The van der Waals surface area contributed by atoms with Gasteiger partial charge < -0.3 is 0 Å². The molecule has 0 spiro atoms. The highest BCUT2D eigenvalue weighted by Gasteiger charge is 1.98. The molecule has 20 heavy (non-hydrogen) atoms. The fourth-order valence-electron chi connectivity index (χ4n) is 1.82. The molecule has 0 bridgehead atoms. The van der Waals surface area contributed by atoms with Crippen molar-refractivity contribution in [2.75, 3.05) is 0 Å². The molecule has 1 unspecified atom stereocenters. The van der Waals surface area contributed by atoms with Gasteiger partial charge in [-0.2, -0.15) is 0 Å². The van der Waals surface area contributed by atoms with Crippen LogP contribution >= 0.6 is 0 Å². The van der Waals surface area contributed by atoms with Gasteiger partial charge in [-0.3, -0.25) is 0 Å². The molecule has 0 aromatic heterocycles. The summed E-state index contributed by atoms with van der Waals surface area (Å²) in [4.78, 5) is 0. The minimum Gasteiger partial charge on any atom is -0.0988 e. The largest absolute Gasteiger partial charge is 0.0988 e. The van der Waals surface area contributed by atoms with Gasteiger partial charge in [0.2, 0.25) is 0 Å². The highest BCUT2D eigenvalue weighted by atomic mass is 14.0. The van der Waals surface area contributed by atoms with Crippen LogP contribution in [0.4, 0.5) is 0 Å². The Morgan fingerprint density at radius 3 is 2.20 bits per heavy atom.